The second-order valence-electron chi connectivity index (χ2n) is 4.54. The fraction of sp³-hybridized carbons (Fsp3) is 0.833. The first-order chi connectivity index (χ1) is 8.24. The third-order valence-electron chi connectivity index (χ3n) is 3.48. The molecule has 2 amide bonds. The van der Waals surface area contributed by atoms with Gasteiger partial charge in [0.2, 0.25) is 11.8 Å². The Morgan fingerprint density at radius 3 is 2.59 bits per heavy atom. The molecular weight excluding hydrogens is 236 g/mol. The third kappa shape index (κ3) is 2.76. The molecule has 2 saturated heterocycles. The molecule has 2 rings (SSSR count). The minimum absolute atomic E-state index is 0.118. The Morgan fingerprint density at radius 1 is 1.24 bits per heavy atom. The van der Waals surface area contributed by atoms with Gasteiger partial charge in [-0.1, -0.05) is 6.92 Å². The molecule has 0 bridgehead atoms. The quantitative estimate of drug-likeness (QED) is 0.739. The summed E-state index contributed by atoms with van der Waals surface area (Å²) in [6, 6.07) is -0.175. The van der Waals surface area contributed by atoms with Crippen LogP contribution in [0.25, 0.3) is 0 Å². The highest BCUT2D eigenvalue weighted by Gasteiger charge is 2.35. The summed E-state index contributed by atoms with van der Waals surface area (Å²) in [4.78, 5) is 27.8. The van der Waals surface area contributed by atoms with Crippen LogP contribution in [0.15, 0.2) is 0 Å². The molecule has 0 aromatic carbocycles. The van der Waals surface area contributed by atoms with Crippen molar-refractivity contribution in [1.29, 1.82) is 0 Å². The smallest absolute Gasteiger partial charge is 0.245 e. The summed E-state index contributed by atoms with van der Waals surface area (Å²) < 4.78 is 0. The number of thioether (sulfide) groups is 1. The Hall–Kier alpha value is -0.710. The molecule has 0 spiro atoms. The predicted octanol–water partition coefficient (Wildman–Crippen LogP) is 0.963. The van der Waals surface area contributed by atoms with E-state index in [2.05, 4.69) is 0 Å². The second-order valence-corrected chi connectivity index (χ2v) is 5.76. The number of likely N-dealkylation sites (tertiary alicyclic amines) is 1. The molecule has 2 aliphatic heterocycles. The maximum Gasteiger partial charge on any atom is 0.245 e. The van der Waals surface area contributed by atoms with Crippen LogP contribution in [0.1, 0.15) is 26.2 Å². The van der Waals surface area contributed by atoms with E-state index in [4.69, 9.17) is 0 Å². The fourth-order valence-electron chi connectivity index (χ4n) is 2.52. The van der Waals surface area contributed by atoms with Gasteiger partial charge in [-0.3, -0.25) is 9.59 Å². The highest BCUT2D eigenvalue weighted by atomic mass is 32.2. The number of hydrogen-bond donors (Lipinski definition) is 0. The summed E-state index contributed by atoms with van der Waals surface area (Å²) in [5.41, 5.74) is 0. The van der Waals surface area contributed by atoms with Gasteiger partial charge in [0.1, 0.15) is 6.04 Å². The zero-order chi connectivity index (χ0) is 12.3. The van der Waals surface area contributed by atoms with Crippen LogP contribution in [-0.4, -0.2) is 58.8 Å². The first kappa shape index (κ1) is 12.7. The zero-order valence-corrected chi connectivity index (χ0v) is 11.2. The number of amides is 2. The average Bonchev–Trinajstić information content (AvgIpc) is 2.87. The summed E-state index contributed by atoms with van der Waals surface area (Å²) in [6.07, 6.45) is 2.30. The van der Waals surface area contributed by atoms with Crippen molar-refractivity contribution in [1.82, 2.24) is 9.80 Å². The molecule has 1 unspecified atom stereocenters. The lowest BCUT2D eigenvalue weighted by molar-refractivity contribution is -0.143. The molecule has 17 heavy (non-hydrogen) atoms. The molecule has 4 nitrogen and oxygen atoms in total. The monoisotopic (exact) mass is 256 g/mol. The molecule has 0 aromatic rings. The van der Waals surface area contributed by atoms with E-state index in [1.54, 1.807) is 4.90 Å². The summed E-state index contributed by atoms with van der Waals surface area (Å²) in [7, 11) is 0. The van der Waals surface area contributed by atoms with Crippen LogP contribution in [0.3, 0.4) is 0 Å². The van der Waals surface area contributed by atoms with Gasteiger partial charge in [0.05, 0.1) is 0 Å². The van der Waals surface area contributed by atoms with Crippen LogP contribution < -0.4 is 0 Å². The molecule has 0 saturated carbocycles. The van der Waals surface area contributed by atoms with E-state index in [0.29, 0.717) is 6.42 Å². The number of carbonyl (C=O) groups is 2. The summed E-state index contributed by atoms with van der Waals surface area (Å²) in [5, 5.41) is 0. The Balaban J connectivity index is 1.99. The van der Waals surface area contributed by atoms with E-state index >= 15 is 0 Å². The number of nitrogens with zero attached hydrogens (tertiary/aromatic N) is 2. The highest BCUT2D eigenvalue weighted by Crippen LogP contribution is 2.21. The lowest BCUT2D eigenvalue weighted by Crippen LogP contribution is -2.49. The maximum absolute atomic E-state index is 12.4. The Labute approximate surface area is 107 Å². The molecule has 2 fully saturated rings. The lowest BCUT2D eigenvalue weighted by atomic mass is 10.2. The van der Waals surface area contributed by atoms with Crippen molar-refractivity contribution in [3.8, 4) is 0 Å². The third-order valence-corrected chi connectivity index (χ3v) is 4.43. The molecule has 0 aromatic heterocycles. The molecule has 2 heterocycles. The second kappa shape index (κ2) is 5.76. The van der Waals surface area contributed by atoms with Gasteiger partial charge < -0.3 is 9.80 Å². The van der Waals surface area contributed by atoms with Gasteiger partial charge in [-0.2, -0.15) is 11.8 Å². The first-order valence-corrected chi connectivity index (χ1v) is 7.55. The van der Waals surface area contributed by atoms with E-state index in [9.17, 15) is 9.59 Å². The minimum atomic E-state index is -0.175. The molecule has 0 aliphatic carbocycles. The van der Waals surface area contributed by atoms with E-state index in [1.165, 1.54) is 0 Å². The van der Waals surface area contributed by atoms with Crippen molar-refractivity contribution in [2.75, 3.05) is 31.1 Å². The van der Waals surface area contributed by atoms with Gasteiger partial charge in [0.25, 0.3) is 0 Å². The van der Waals surface area contributed by atoms with Crippen molar-refractivity contribution < 1.29 is 9.59 Å². The van der Waals surface area contributed by atoms with Crippen LogP contribution in [0.2, 0.25) is 0 Å². The van der Waals surface area contributed by atoms with Crippen LogP contribution >= 0.6 is 11.8 Å². The maximum atomic E-state index is 12.4. The van der Waals surface area contributed by atoms with E-state index in [-0.39, 0.29) is 17.9 Å². The summed E-state index contributed by atoms with van der Waals surface area (Å²) >= 11 is 1.90. The normalized spacial score (nSPS) is 25.1. The lowest BCUT2D eigenvalue weighted by Gasteiger charge is -2.32. The van der Waals surface area contributed by atoms with E-state index in [1.807, 2.05) is 23.6 Å². The van der Waals surface area contributed by atoms with Gasteiger partial charge in [-0.15, -0.1) is 0 Å². The fourth-order valence-corrected chi connectivity index (χ4v) is 3.42. The number of carbonyl (C=O) groups excluding carboxylic acids is 2. The molecule has 2 aliphatic rings. The Morgan fingerprint density at radius 2 is 1.94 bits per heavy atom. The van der Waals surface area contributed by atoms with Crippen LogP contribution in [0.4, 0.5) is 0 Å². The van der Waals surface area contributed by atoms with Crippen LogP contribution in [-0.2, 0) is 9.59 Å². The van der Waals surface area contributed by atoms with Gasteiger partial charge in [-0.05, 0) is 12.8 Å². The number of hydrogen-bond acceptors (Lipinski definition) is 3. The zero-order valence-electron chi connectivity index (χ0n) is 10.4. The largest absolute Gasteiger partial charge is 0.339 e. The SMILES string of the molecule is CCC(=O)N1CCCC1C(=O)N1CCSCC1. The van der Waals surface area contributed by atoms with E-state index in [0.717, 1.165) is 44.0 Å². The van der Waals surface area contributed by atoms with Crippen molar-refractivity contribution >= 4 is 23.6 Å². The summed E-state index contributed by atoms with van der Waals surface area (Å²) in [6.45, 7) is 4.30. The predicted molar refractivity (Wildman–Crippen MR) is 68.9 cm³/mol. The van der Waals surface area contributed by atoms with Crippen LogP contribution in [0.5, 0.6) is 0 Å². The van der Waals surface area contributed by atoms with E-state index < -0.39 is 0 Å². The van der Waals surface area contributed by atoms with Gasteiger partial charge in [-0.25, -0.2) is 0 Å². The van der Waals surface area contributed by atoms with Crippen molar-refractivity contribution in [3.63, 3.8) is 0 Å². The van der Waals surface area contributed by atoms with Crippen molar-refractivity contribution in [2.24, 2.45) is 0 Å². The van der Waals surface area contributed by atoms with Gasteiger partial charge in [0.15, 0.2) is 0 Å². The topological polar surface area (TPSA) is 40.6 Å². The van der Waals surface area contributed by atoms with Crippen molar-refractivity contribution in [3.05, 3.63) is 0 Å². The molecular formula is C12H20N2O2S. The molecule has 0 N–H and O–H groups in total. The van der Waals surface area contributed by atoms with Crippen LogP contribution in [0, 0.1) is 0 Å². The highest BCUT2D eigenvalue weighted by molar-refractivity contribution is 7.99. The summed E-state index contributed by atoms with van der Waals surface area (Å²) in [5.74, 6) is 2.34. The van der Waals surface area contributed by atoms with Crippen molar-refractivity contribution in [2.45, 2.75) is 32.2 Å². The minimum Gasteiger partial charge on any atom is -0.339 e. The standard InChI is InChI=1S/C12H20N2O2S/c1-2-11(15)14-5-3-4-10(14)12(16)13-6-8-17-9-7-13/h10H,2-9H2,1H3. The molecule has 1 atom stereocenters. The average molecular weight is 256 g/mol. The Kier molecular flexibility index (Phi) is 4.31. The van der Waals surface area contributed by atoms with Gasteiger partial charge >= 0.3 is 0 Å². The first-order valence-electron chi connectivity index (χ1n) is 6.40. The van der Waals surface area contributed by atoms with Gasteiger partial charge in [0, 0.05) is 37.6 Å². The molecule has 96 valence electrons. The molecule has 0 radical (unpaired) electrons. The molecule has 5 heteroatoms. The number of rotatable bonds is 2. The Bertz CT molecular complexity index is 303.